The van der Waals surface area contributed by atoms with Crippen LogP contribution in [0.4, 0.5) is 0 Å². The van der Waals surface area contributed by atoms with E-state index in [2.05, 4.69) is 0 Å². The lowest BCUT2D eigenvalue weighted by molar-refractivity contribution is 0.597. The second-order valence-corrected chi connectivity index (χ2v) is 7.18. The molecular weight excluding hydrogens is 216 g/mol. The summed E-state index contributed by atoms with van der Waals surface area (Å²) in [4.78, 5) is 0. The Kier molecular flexibility index (Phi) is 3.55. The molecule has 0 spiro atoms. The van der Waals surface area contributed by atoms with E-state index in [1.54, 1.807) is 0 Å². The van der Waals surface area contributed by atoms with Crippen molar-refractivity contribution in [3.8, 4) is 0 Å². The fourth-order valence-electron chi connectivity index (χ4n) is 2.11. The van der Waals surface area contributed by atoms with E-state index in [0.717, 1.165) is 35.0 Å². The summed E-state index contributed by atoms with van der Waals surface area (Å²) >= 11 is 0. The molecule has 0 aromatic carbocycles. The van der Waals surface area contributed by atoms with Gasteiger partial charge < -0.3 is 0 Å². The van der Waals surface area contributed by atoms with E-state index in [9.17, 15) is 8.42 Å². The summed E-state index contributed by atoms with van der Waals surface area (Å²) in [5.74, 6) is 1.45. The van der Waals surface area contributed by atoms with E-state index in [1.165, 1.54) is 24.8 Å². The zero-order valence-electron chi connectivity index (χ0n) is 8.29. The molecule has 80 valence electrons. The molecule has 4 heteroatoms. The van der Waals surface area contributed by atoms with E-state index in [-0.39, 0.29) is 0 Å². The van der Waals surface area contributed by atoms with E-state index < -0.39 is 21.6 Å². The van der Waals surface area contributed by atoms with E-state index in [0.29, 0.717) is 0 Å². The first-order valence-electron chi connectivity index (χ1n) is 5.28. The van der Waals surface area contributed by atoms with Gasteiger partial charge in [0.15, 0.2) is 0 Å². The Hall–Kier alpha value is 0.0400. The molecule has 1 aliphatic heterocycles. The van der Waals surface area contributed by atoms with Crippen LogP contribution in [-0.4, -0.2) is 19.9 Å². The van der Waals surface area contributed by atoms with Crippen molar-refractivity contribution in [3.63, 3.8) is 0 Å². The summed E-state index contributed by atoms with van der Waals surface area (Å²) in [5.41, 5.74) is 1.26. The van der Waals surface area contributed by atoms with Crippen molar-refractivity contribution in [1.82, 2.24) is 0 Å². The maximum atomic E-state index is 11.8. The van der Waals surface area contributed by atoms with Crippen LogP contribution >= 0.6 is 0 Å². The summed E-state index contributed by atoms with van der Waals surface area (Å²) < 4.78 is 24.3. The van der Waals surface area contributed by atoms with E-state index >= 15 is 0 Å². The van der Waals surface area contributed by atoms with Gasteiger partial charge in [0.25, 0.3) is 0 Å². The van der Waals surface area contributed by atoms with Crippen LogP contribution in [0, 0.1) is 0 Å². The first-order valence-corrected chi connectivity index (χ1v) is 7.91. The summed E-state index contributed by atoms with van der Waals surface area (Å²) in [5, 5.41) is 0. The molecule has 2 fully saturated rings. The van der Waals surface area contributed by atoms with Gasteiger partial charge in [-0.15, -0.1) is 0 Å². The maximum Gasteiger partial charge on any atom is 0.102 e. The molecular formula is C10H16O2S2. The average Bonchev–Trinajstić information content (AvgIpc) is 2.19. The largest absolute Gasteiger partial charge is 0.254 e. The number of hydrogen-bond donors (Lipinski definition) is 0. The van der Waals surface area contributed by atoms with Gasteiger partial charge in [0.2, 0.25) is 0 Å². The van der Waals surface area contributed by atoms with Crippen molar-refractivity contribution in [2.45, 2.75) is 38.5 Å². The topological polar surface area (TPSA) is 34.1 Å². The van der Waals surface area contributed by atoms with Crippen molar-refractivity contribution < 1.29 is 8.42 Å². The molecule has 1 heterocycles. The third kappa shape index (κ3) is 2.16. The molecule has 0 amide bonds. The predicted molar refractivity (Wildman–Crippen MR) is 60.7 cm³/mol. The van der Waals surface area contributed by atoms with Gasteiger partial charge in [-0.1, -0.05) is 6.42 Å². The van der Waals surface area contributed by atoms with Crippen molar-refractivity contribution in [2.75, 3.05) is 11.5 Å². The van der Waals surface area contributed by atoms with Crippen LogP contribution in [-0.2, 0) is 21.6 Å². The summed E-state index contributed by atoms with van der Waals surface area (Å²) in [6.45, 7) is 0. The predicted octanol–water partition coefficient (Wildman–Crippen LogP) is 2.06. The molecule has 0 radical (unpaired) electrons. The molecule has 0 N–H and O–H groups in total. The minimum Gasteiger partial charge on any atom is -0.254 e. The van der Waals surface area contributed by atoms with Crippen molar-refractivity contribution in [1.29, 1.82) is 0 Å². The molecule has 1 saturated carbocycles. The average molecular weight is 232 g/mol. The Balaban J connectivity index is 2.26. The number of rotatable bonds is 0. The highest BCUT2D eigenvalue weighted by atomic mass is 32.2. The van der Waals surface area contributed by atoms with Crippen LogP contribution in [0.3, 0.4) is 0 Å². The quantitative estimate of drug-likeness (QED) is 0.640. The summed E-state index contributed by atoms with van der Waals surface area (Å²) in [6, 6.07) is 0. The Morgan fingerprint density at radius 3 is 1.93 bits per heavy atom. The molecule has 14 heavy (non-hydrogen) atoms. The SMILES string of the molecule is O=[S@@]1CCC[S@@](=O)C1=C1CCCCC1. The molecule has 2 nitrogen and oxygen atoms in total. The number of hydrogen-bond acceptors (Lipinski definition) is 2. The van der Waals surface area contributed by atoms with Gasteiger partial charge >= 0.3 is 0 Å². The minimum atomic E-state index is -0.926. The minimum absolute atomic E-state index is 0.727. The van der Waals surface area contributed by atoms with Crippen LogP contribution in [0.2, 0.25) is 0 Å². The fraction of sp³-hybridized carbons (Fsp3) is 0.800. The number of allylic oxidation sites excluding steroid dienone is 1. The van der Waals surface area contributed by atoms with Gasteiger partial charge in [-0.25, -0.2) is 0 Å². The molecule has 2 atom stereocenters. The van der Waals surface area contributed by atoms with Gasteiger partial charge in [0, 0.05) is 11.5 Å². The van der Waals surface area contributed by atoms with Crippen molar-refractivity contribution in [3.05, 3.63) is 9.81 Å². The summed E-state index contributed by atoms with van der Waals surface area (Å²) in [7, 11) is -1.85. The van der Waals surface area contributed by atoms with E-state index in [4.69, 9.17) is 0 Å². The monoisotopic (exact) mass is 232 g/mol. The highest BCUT2D eigenvalue weighted by Crippen LogP contribution is 2.30. The van der Waals surface area contributed by atoms with Crippen LogP contribution in [0.1, 0.15) is 38.5 Å². The van der Waals surface area contributed by atoms with Gasteiger partial charge in [0.1, 0.15) is 4.24 Å². The maximum absolute atomic E-state index is 11.8. The normalized spacial score (nSPS) is 34.6. The van der Waals surface area contributed by atoms with Gasteiger partial charge in [-0.3, -0.25) is 8.42 Å². The highest BCUT2D eigenvalue weighted by Gasteiger charge is 2.25. The molecule has 0 aromatic heterocycles. The Labute approximate surface area is 90.1 Å². The lowest BCUT2D eigenvalue weighted by Crippen LogP contribution is -2.19. The Morgan fingerprint density at radius 1 is 0.786 bits per heavy atom. The second-order valence-electron chi connectivity index (χ2n) is 3.90. The van der Waals surface area contributed by atoms with Gasteiger partial charge in [-0.2, -0.15) is 0 Å². The molecule has 0 bridgehead atoms. The third-order valence-corrected chi connectivity index (χ3v) is 6.66. The molecule has 1 aliphatic carbocycles. The lowest BCUT2D eigenvalue weighted by Gasteiger charge is -2.21. The zero-order valence-corrected chi connectivity index (χ0v) is 9.92. The molecule has 2 rings (SSSR count). The lowest BCUT2D eigenvalue weighted by atomic mass is 9.96. The fourth-order valence-corrected chi connectivity index (χ4v) is 5.86. The van der Waals surface area contributed by atoms with Gasteiger partial charge in [-0.05, 0) is 37.7 Å². The van der Waals surface area contributed by atoms with Crippen LogP contribution in [0.15, 0.2) is 9.81 Å². The Morgan fingerprint density at radius 2 is 1.36 bits per heavy atom. The summed E-state index contributed by atoms with van der Waals surface area (Å²) in [6.07, 6.45) is 6.58. The standard InChI is InChI=1S/C10H16O2S2/c11-13-7-4-8-14(12)10(13)9-5-2-1-3-6-9/h1-8H2/t13-,14-/m1/s1. The molecule has 0 aromatic rings. The van der Waals surface area contributed by atoms with Gasteiger partial charge in [0.05, 0.1) is 21.6 Å². The molecule has 2 aliphatic rings. The molecule has 0 unspecified atom stereocenters. The van der Waals surface area contributed by atoms with Crippen molar-refractivity contribution in [2.24, 2.45) is 0 Å². The zero-order chi connectivity index (χ0) is 9.97. The van der Waals surface area contributed by atoms with E-state index in [1.807, 2.05) is 0 Å². The van der Waals surface area contributed by atoms with Crippen LogP contribution in [0.25, 0.3) is 0 Å². The first-order chi connectivity index (χ1) is 6.79. The highest BCUT2D eigenvalue weighted by molar-refractivity contribution is 8.09. The second kappa shape index (κ2) is 4.71. The Bertz CT molecular complexity index is 281. The smallest absolute Gasteiger partial charge is 0.102 e. The molecule has 1 saturated heterocycles. The van der Waals surface area contributed by atoms with Crippen molar-refractivity contribution >= 4 is 21.6 Å². The van der Waals surface area contributed by atoms with Crippen LogP contribution < -0.4 is 0 Å². The third-order valence-electron chi connectivity index (χ3n) is 2.82. The first kappa shape index (κ1) is 10.6. The van der Waals surface area contributed by atoms with Crippen LogP contribution in [0.5, 0.6) is 0 Å².